The first-order chi connectivity index (χ1) is 14.4. The molecule has 1 unspecified atom stereocenters. The molecule has 4 aromatic rings. The first-order valence-corrected chi connectivity index (χ1v) is 11.5. The third-order valence-corrected chi connectivity index (χ3v) is 7.00. The smallest absolute Gasteiger partial charge is 0.343 e. The lowest BCUT2D eigenvalue weighted by Crippen LogP contribution is -2.48. The van der Waals surface area contributed by atoms with Gasteiger partial charge in [0.25, 0.3) is 0 Å². The molecule has 0 saturated carbocycles. The van der Waals surface area contributed by atoms with Gasteiger partial charge in [0.15, 0.2) is 0 Å². The molecule has 1 aromatic heterocycles. The summed E-state index contributed by atoms with van der Waals surface area (Å²) < 4.78 is 12.5. The molecule has 0 aliphatic heterocycles. The molecular formula is C24H25N2O3P. The Morgan fingerprint density at radius 2 is 1.33 bits per heavy atom. The molecule has 154 valence electrons. The molecular weight excluding hydrogens is 395 g/mol. The van der Waals surface area contributed by atoms with Gasteiger partial charge in [-0.1, -0.05) is 78.9 Å². The van der Waals surface area contributed by atoms with Gasteiger partial charge in [-0.05, 0) is 35.6 Å². The van der Waals surface area contributed by atoms with Crippen molar-refractivity contribution in [2.24, 2.45) is 5.73 Å². The van der Waals surface area contributed by atoms with Crippen molar-refractivity contribution in [2.75, 3.05) is 0 Å². The summed E-state index contributed by atoms with van der Waals surface area (Å²) in [7, 11) is -4.61. The Bertz CT molecular complexity index is 1130. The average molecular weight is 420 g/mol. The van der Waals surface area contributed by atoms with Crippen molar-refractivity contribution in [1.29, 1.82) is 0 Å². The number of nitrogens with one attached hydrogen (secondary N) is 1. The molecule has 0 aliphatic carbocycles. The molecule has 0 fully saturated rings. The SMILES string of the molecule is NC(C(Cc1ccccc1)(Cc1ccccc1)c1c[nH]c2ccccc12)P(=O)(O)O. The zero-order valence-electron chi connectivity index (χ0n) is 16.5. The summed E-state index contributed by atoms with van der Waals surface area (Å²) in [6, 6.07) is 27.3. The maximum absolute atomic E-state index is 12.5. The van der Waals surface area contributed by atoms with Crippen molar-refractivity contribution in [3.63, 3.8) is 0 Å². The van der Waals surface area contributed by atoms with Gasteiger partial charge in [-0.15, -0.1) is 0 Å². The molecule has 3 aromatic carbocycles. The lowest BCUT2D eigenvalue weighted by atomic mass is 9.71. The van der Waals surface area contributed by atoms with Crippen LogP contribution >= 0.6 is 7.60 Å². The molecule has 5 N–H and O–H groups in total. The highest BCUT2D eigenvalue weighted by Gasteiger charge is 2.48. The van der Waals surface area contributed by atoms with E-state index in [2.05, 4.69) is 4.98 Å². The minimum absolute atomic E-state index is 0.400. The van der Waals surface area contributed by atoms with Crippen molar-refractivity contribution in [2.45, 2.75) is 24.0 Å². The fourth-order valence-electron chi connectivity index (χ4n) is 4.35. The van der Waals surface area contributed by atoms with E-state index in [1.54, 1.807) is 0 Å². The molecule has 30 heavy (non-hydrogen) atoms. The predicted octanol–water partition coefficient (Wildman–Crippen LogP) is 4.35. The Labute approximate surface area is 175 Å². The van der Waals surface area contributed by atoms with Crippen LogP contribution in [-0.4, -0.2) is 20.6 Å². The Kier molecular flexibility index (Phi) is 5.63. The number of hydrogen-bond acceptors (Lipinski definition) is 2. The van der Waals surface area contributed by atoms with Crippen LogP contribution in [-0.2, 0) is 22.8 Å². The van der Waals surface area contributed by atoms with E-state index < -0.39 is 18.8 Å². The molecule has 0 aliphatic rings. The van der Waals surface area contributed by atoms with Crippen LogP contribution in [0.1, 0.15) is 16.7 Å². The molecule has 6 heteroatoms. The normalized spacial score (nSPS) is 13.4. The third kappa shape index (κ3) is 3.98. The summed E-state index contributed by atoms with van der Waals surface area (Å²) >= 11 is 0. The number of hydrogen-bond donors (Lipinski definition) is 4. The van der Waals surface area contributed by atoms with Gasteiger partial charge in [-0.25, -0.2) is 0 Å². The number of benzene rings is 3. The standard InChI is InChI=1S/C24H25N2O3P/c25-23(30(27,28)29)24(15-18-9-3-1-4-10-18,16-19-11-5-2-6-12-19)21-17-26-22-14-8-7-13-20(21)22/h1-14,17,23,26H,15-16,25H2,(H2,27,28,29). The number of rotatable bonds is 7. The Morgan fingerprint density at radius 3 is 1.87 bits per heavy atom. The Hall–Kier alpha value is -2.69. The number of aromatic nitrogens is 1. The van der Waals surface area contributed by atoms with Crippen molar-refractivity contribution < 1.29 is 14.4 Å². The van der Waals surface area contributed by atoms with E-state index in [0.29, 0.717) is 12.8 Å². The van der Waals surface area contributed by atoms with E-state index in [1.165, 1.54) is 0 Å². The van der Waals surface area contributed by atoms with E-state index in [4.69, 9.17) is 5.73 Å². The second-order valence-corrected chi connectivity index (χ2v) is 9.50. The molecule has 0 radical (unpaired) electrons. The van der Waals surface area contributed by atoms with Gasteiger partial charge in [0.2, 0.25) is 0 Å². The quantitative estimate of drug-likeness (QED) is 0.334. The van der Waals surface area contributed by atoms with Crippen LogP contribution in [0, 0.1) is 0 Å². The first-order valence-electron chi connectivity index (χ1n) is 9.85. The highest BCUT2D eigenvalue weighted by Crippen LogP contribution is 2.52. The third-order valence-electron chi connectivity index (χ3n) is 5.78. The summed E-state index contributed by atoms with van der Waals surface area (Å²) in [5, 5.41) is 0.924. The maximum Gasteiger partial charge on any atom is 0.343 e. The summed E-state index contributed by atoms with van der Waals surface area (Å²) in [5.74, 6) is -1.37. The summed E-state index contributed by atoms with van der Waals surface area (Å²) in [5.41, 5.74) is 9.10. The van der Waals surface area contributed by atoms with E-state index in [-0.39, 0.29) is 0 Å². The van der Waals surface area contributed by atoms with Crippen LogP contribution in [0.15, 0.2) is 91.1 Å². The predicted molar refractivity (Wildman–Crippen MR) is 120 cm³/mol. The van der Waals surface area contributed by atoms with Gasteiger partial charge in [-0.2, -0.15) is 0 Å². The van der Waals surface area contributed by atoms with Crippen molar-refractivity contribution in [3.8, 4) is 0 Å². The van der Waals surface area contributed by atoms with Crippen molar-refractivity contribution in [1.82, 2.24) is 4.98 Å². The molecule has 5 nitrogen and oxygen atoms in total. The van der Waals surface area contributed by atoms with Crippen LogP contribution in [0.2, 0.25) is 0 Å². The van der Waals surface area contributed by atoms with Crippen LogP contribution in [0.25, 0.3) is 10.9 Å². The summed E-state index contributed by atoms with van der Waals surface area (Å²) in [6.45, 7) is 0. The number of H-pyrrole nitrogens is 1. The number of para-hydroxylation sites is 1. The number of aromatic amines is 1. The van der Waals surface area contributed by atoms with E-state index in [0.717, 1.165) is 27.6 Å². The molecule has 0 bridgehead atoms. The second-order valence-electron chi connectivity index (χ2n) is 7.76. The van der Waals surface area contributed by atoms with Crippen molar-refractivity contribution >= 4 is 18.5 Å². The van der Waals surface area contributed by atoms with Gasteiger partial charge < -0.3 is 20.5 Å². The first kappa shape index (κ1) is 20.6. The van der Waals surface area contributed by atoms with Gasteiger partial charge in [0, 0.05) is 22.5 Å². The topological polar surface area (TPSA) is 99.3 Å². The molecule has 1 atom stereocenters. The highest BCUT2D eigenvalue weighted by atomic mass is 31.2. The fraction of sp³-hybridized carbons (Fsp3) is 0.167. The largest absolute Gasteiger partial charge is 0.361 e. The van der Waals surface area contributed by atoms with E-state index in [1.807, 2.05) is 91.1 Å². The monoisotopic (exact) mass is 420 g/mol. The number of nitrogens with two attached hydrogens (primary N) is 1. The van der Waals surface area contributed by atoms with Crippen LogP contribution in [0.4, 0.5) is 0 Å². The lowest BCUT2D eigenvalue weighted by molar-refractivity contribution is 0.306. The van der Waals surface area contributed by atoms with Gasteiger partial charge in [-0.3, -0.25) is 4.57 Å². The maximum atomic E-state index is 12.5. The van der Waals surface area contributed by atoms with Gasteiger partial charge in [0.1, 0.15) is 5.78 Å². The summed E-state index contributed by atoms with van der Waals surface area (Å²) in [6.07, 6.45) is 2.65. The second kappa shape index (κ2) is 8.21. The van der Waals surface area contributed by atoms with Crippen molar-refractivity contribution in [3.05, 3.63) is 108 Å². The van der Waals surface area contributed by atoms with Gasteiger partial charge in [0.05, 0.1) is 0 Å². The Morgan fingerprint density at radius 1 is 0.833 bits per heavy atom. The molecule has 0 amide bonds. The van der Waals surface area contributed by atoms with E-state index >= 15 is 0 Å². The minimum Gasteiger partial charge on any atom is -0.361 e. The lowest BCUT2D eigenvalue weighted by Gasteiger charge is -2.40. The van der Waals surface area contributed by atoms with Crippen LogP contribution in [0.3, 0.4) is 0 Å². The van der Waals surface area contributed by atoms with Crippen LogP contribution < -0.4 is 5.73 Å². The zero-order valence-corrected chi connectivity index (χ0v) is 17.4. The fourth-order valence-corrected chi connectivity index (χ4v) is 5.31. The molecule has 1 heterocycles. The number of fused-ring (bicyclic) bond motifs is 1. The zero-order chi connectivity index (χ0) is 21.2. The minimum atomic E-state index is -4.61. The van der Waals surface area contributed by atoms with E-state index in [9.17, 15) is 14.4 Å². The molecule has 0 saturated heterocycles. The summed E-state index contributed by atoms with van der Waals surface area (Å²) in [4.78, 5) is 23.7. The van der Waals surface area contributed by atoms with Gasteiger partial charge >= 0.3 is 7.60 Å². The highest BCUT2D eigenvalue weighted by molar-refractivity contribution is 7.52. The molecule has 4 rings (SSSR count). The van der Waals surface area contributed by atoms with Crippen LogP contribution in [0.5, 0.6) is 0 Å². The molecule has 0 spiro atoms. The Balaban J connectivity index is 1.98. The average Bonchev–Trinajstić information content (AvgIpc) is 3.18.